The second kappa shape index (κ2) is 8.35. The summed E-state index contributed by atoms with van der Waals surface area (Å²) in [6, 6.07) is 11.7. The summed E-state index contributed by atoms with van der Waals surface area (Å²) >= 11 is 6.06. The van der Waals surface area contributed by atoms with E-state index in [-0.39, 0.29) is 18.5 Å². The maximum atomic E-state index is 13.1. The Bertz CT molecular complexity index is 1170. The second-order valence-corrected chi connectivity index (χ2v) is 8.04. The van der Waals surface area contributed by atoms with Gasteiger partial charge in [-0.15, -0.1) is 0 Å². The molecule has 8 heteroatoms. The van der Waals surface area contributed by atoms with E-state index in [9.17, 15) is 4.79 Å². The topological polar surface area (TPSA) is 68.8 Å². The highest BCUT2D eigenvalue weighted by Gasteiger charge is 2.28. The van der Waals surface area contributed by atoms with E-state index in [4.69, 9.17) is 11.6 Å². The van der Waals surface area contributed by atoms with Crippen molar-refractivity contribution in [3.05, 3.63) is 78.9 Å². The molecule has 31 heavy (non-hydrogen) atoms. The lowest BCUT2D eigenvalue weighted by molar-refractivity contribution is -0.130. The van der Waals surface area contributed by atoms with Crippen molar-refractivity contribution < 1.29 is 4.79 Å². The Morgan fingerprint density at radius 3 is 2.55 bits per heavy atom. The maximum absolute atomic E-state index is 13.1. The van der Waals surface area contributed by atoms with Gasteiger partial charge < -0.3 is 14.0 Å². The first-order valence-electron chi connectivity index (χ1n) is 10.2. The Balaban J connectivity index is 1.43. The number of hydrogen-bond acceptors (Lipinski definition) is 4. The third-order valence-electron chi connectivity index (χ3n) is 5.68. The van der Waals surface area contributed by atoms with Crippen LogP contribution in [0, 0.1) is 0 Å². The van der Waals surface area contributed by atoms with Crippen molar-refractivity contribution >= 4 is 17.5 Å². The number of carbonyl (C=O) groups excluding carboxylic acids is 1. The Labute approximate surface area is 185 Å². The fourth-order valence-corrected chi connectivity index (χ4v) is 4.20. The van der Waals surface area contributed by atoms with Crippen molar-refractivity contribution in [2.45, 2.75) is 19.0 Å². The number of halogens is 1. The Hall–Kier alpha value is -3.45. The second-order valence-electron chi connectivity index (χ2n) is 7.60. The lowest BCUT2D eigenvalue weighted by Crippen LogP contribution is -2.32. The van der Waals surface area contributed by atoms with Gasteiger partial charge in [-0.25, -0.2) is 9.97 Å². The van der Waals surface area contributed by atoms with E-state index in [0.717, 1.165) is 35.5 Å². The molecule has 1 atom stereocenters. The van der Waals surface area contributed by atoms with Crippen LogP contribution in [0.2, 0.25) is 5.02 Å². The fourth-order valence-electron chi connectivity index (χ4n) is 4.08. The summed E-state index contributed by atoms with van der Waals surface area (Å²) < 4.78 is 4.00. The maximum Gasteiger partial charge on any atom is 0.242 e. The first kappa shape index (κ1) is 19.5. The van der Waals surface area contributed by atoms with E-state index in [2.05, 4.69) is 19.5 Å². The lowest BCUT2D eigenvalue weighted by Gasteiger charge is -2.18. The smallest absolute Gasteiger partial charge is 0.242 e. The molecule has 7 nitrogen and oxygen atoms in total. The Morgan fingerprint density at radius 2 is 1.81 bits per heavy atom. The summed E-state index contributed by atoms with van der Waals surface area (Å²) in [6.45, 7) is 1.67. The van der Waals surface area contributed by atoms with E-state index in [1.807, 2.05) is 58.4 Å². The van der Waals surface area contributed by atoms with Gasteiger partial charge in [0.05, 0.1) is 30.1 Å². The van der Waals surface area contributed by atoms with E-state index in [1.165, 1.54) is 0 Å². The van der Waals surface area contributed by atoms with Crippen LogP contribution in [0.3, 0.4) is 0 Å². The third kappa shape index (κ3) is 3.96. The van der Waals surface area contributed by atoms with E-state index >= 15 is 0 Å². The molecule has 5 rings (SSSR count). The molecule has 1 saturated heterocycles. The van der Waals surface area contributed by atoms with Crippen molar-refractivity contribution in [3.63, 3.8) is 0 Å². The molecule has 1 unspecified atom stereocenters. The molecule has 0 radical (unpaired) electrons. The standard InChI is InChI=1S/C23H21ClN6O/c24-19-3-1-17(2-4-19)22-23(18-5-8-25-9-6-18)30(16-27-22)14-21(31)28-11-7-20(13-28)29-12-10-26-15-29/h1-6,8-10,12,15-16,20H,7,11,13-14H2. The van der Waals surface area contributed by atoms with E-state index in [1.54, 1.807) is 24.9 Å². The van der Waals surface area contributed by atoms with Crippen molar-refractivity contribution in [1.29, 1.82) is 0 Å². The zero-order valence-electron chi connectivity index (χ0n) is 16.8. The van der Waals surface area contributed by atoms with Crippen LogP contribution in [0.15, 0.2) is 73.8 Å². The molecule has 4 heterocycles. The molecule has 156 valence electrons. The van der Waals surface area contributed by atoms with Crippen LogP contribution in [0.4, 0.5) is 0 Å². The minimum Gasteiger partial charge on any atom is -0.339 e. The summed E-state index contributed by atoms with van der Waals surface area (Å²) in [5.41, 5.74) is 3.61. The summed E-state index contributed by atoms with van der Waals surface area (Å²) in [7, 11) is 0. The predicted molar refractivity (Wildman–Crippen MR) is 118 cm³/mol. The van der Waals surface area contributed by atoms with E-state index in [0.29, 0.717) is 11.6 Å². The SMILES string of the molecule is O=C(Cn1cnc(-c2ccc(Cl)cc2)c1-c1ccncc1)N1CCC(n2ccnc2)C1. The molecule has 0 N–H and O–H groups in total. The summed E-state index contributed by atoms with van der Waals surface area (Å²) in [5, 5.41) is 0.672. The quantitative estimate of drug-likeness (QED) is 0.479. The molecule has 0 spiro atoms. The summed E-state index contributed by atoms with van der Waals surface area (Å²) in [5.74, 6) is 0.0815. The molecular formula is C23H21ClN6O. The molecule has 1 aliphatic rings. The first-order chi connectivity index (χ1) is 15.2. The minimum atomic E-state index is 0.0815. The predicted octanol–water partition coefficient (Wildman–Crippen LogP) is 3.94. The van der Waals surface area contributed by atoms with Gasteiger partial charge in [-0.1, -0.05) is 23.7 Å². The van der Waals surface area contributed by atoms with Crippen LogP contribution in [0.1, 0.15) is 12.5 Å². The van der Waals surface area contributed by atoms with Crippen LogP contribution >= 0.6 is 11.6 Å². The zero-order valence-corrected chi connectivity index (χ0v) is 17.6. The number of benzene rings is 1. The van der Waals surface area contributed by atoms with Gasteiger partial charge in [-0.05, 0) is 30.7 Å². The highest BCUT2D eigenvalue weighted by atomic mass is 35.5. The Morgan fingerprint density at radius 1 is 1.00 bits per heavy atom. The lowest BCUT2D eigenvalue weighted by atomic mass is 10.1. The van der Waals surface area contributed by atoms with Gasteiger partial charge in [-0.3, -0.25) is 9.78 Å². The summed E-state index contributed by atoms with van der Waals surface area (Å²) in [4.78, 5) is 27.9. The van der Waals surface area contributed by atoms with Gasteiger partial charge in [0.1, 0.15) is 6.54 Å². The van der Waals surface area contributed by atoms with Gasteiger partial charge >= 0.3 is 0 Å². The number of hydrogen-bond donors (Lipinski definition) is 0. The van der Waals surface area contributed by atoms with Crippen molar-refractivity contribution in [2.24, 2.45) is 0 Å². The van der Waals surface area contributed by atoms with Gasteiger partial charge in [0.25, 0.3) is 0 Å². The number of aromatic nitrogens is 5. The van der Waals surface area contributed by atoms with Crippen molar-refractivity contribution in [3.8, 4) is 22.5 Å². The normalized spacial score (nSPS) is 16.0. The number of rotatable bonds is 5. The Kier molecular flexibility index (Phi) is 5.26. The highest BCUT2D eigenvalue weighted by Crippen LogP contribution is 2.32. The highest BCUT2D eigenvalue weighted by molar-refractivity contribution is 6.30. The average molecular weight is 433 g/mol. The van der Waals surface area contributed by atoms with E-state index < -0.39 is 0 Å². The van der Waals surface area contributed by atoms with Crippen molar-refractivity contribution in [1.82, 2.24) is 29.0 Å². The molecule has 1 aromatic carbocycles. The summed E-state index contributed by atoms with van der Waals surface area (Å²) in [6.07, 6.45) is 11.7. The van der Waals surface area contributed by atoms with Crippen molar-refractivity contribution in [2.75, 3.05) is 13.1 Å². The minimum absolute atomic E-state index is 0.0815. The molecular weight excluding hydrogens is 412 g/mol. The number of carbonyl (C=O) groups is 1. The van der Waals surface area contributed by atoms with Gasteiger partial charge in [-0.2, -0.15) is 0 Å². The monoisotopic (exact) mass is 432 g/mol. The van der Waals surface area contributed by atoms with Gasteiger partial charge in [0, 0.05) is 54.0 Å². The van der Waals surface area contributed by atoms with Gasteiger partial charge in [0.15, 0.2) is 0 Å². The molecule has 0 bridgehead atoms. The zero-order chi connectivity index (χ0) is 21.2. The van der Waals surface area contributed by atoms with Crippen LogP contribution in [-0.4, -0.2) is 48.0 Å². The van der Waals surface area contributed by atoms with Gasteiger partial charge in [0.2, 0.25) is 5.91 Å². The number of nitrogens with zero attached hydrogens (tertiary/aromatic N) is 6. The molecule has 1 amide bonds. The molecule has 1 aliphatic heterocycles. The molecule has 0 saturated carbocycles. The van der Waals surface area contributed by atoms with Crippen LogP contribution in [0.5, 0.6) is 0 Å². The number of likely N-dealkylation sites (tertiary alicyclic amines) is 1. The average Bonchev–Trinajstić information content (AvgIpc) is 3.55. The van der Waals surface area contributed by atoms with Crippen LogP contribution in [-0.2, 0) is 11.3 Å². The molecule has 1 fully saturated rings. The first-order valence-corrected chi connectivity index (χ1v) is 10.5. The molecule has 0 aliphatic carbocycles. The molecule has 3 aromatic heterocycles. The largest absolute Gasteiger partial charge is 0.339 e. The van der Waals surface area contributed by atoms with Crippen LogP contribution in [0.25, 0.3) is 22.5 Å². The molecule has 4 aromatic rings. The third-order valence-corrected chi connectivity index (χ3v) is 5.93. The fraction of sp³-hybridized carbons (Fsp3) is 0.217. The number of imidazole rings is 2. The van der Waals surface area contributed by atoms with Crippen LogP contribution < -0.4 is 0 Å². The number of amides is 1. The number of pyridine rings is 1.